The standard InChI is InChI=1S/C16H19BrN4O/c1-10-14(16(22)19-9-15(18)11-5-6-11)8-20-21(10)13-4-2-3-12(17)7-13/h2-4,7-8,11,15H,5-6,9,18H2,1H3,(H,19,22). The lowest BCUT2D eigenvalue weighted by Gasteiger charge is -2.11. The first-order valence-corrected chi connectivity index (χ1v) is 8.20. The van der Waals surface area contributed by atoms with E-state index in [1.165, 1.54) is 12.8 Å². The molecule has 1 aromatic carbocycles. The Morgan fingerprint density at radius 1 is 1.55 bits per heavy atom. The zero-order chi connectivity index (χ0) is 15.7. The molecule has 0 bridgehead atoms. The fraction of sp³-hybridized carbons (Fsp3) is 0.375. The van der Waals surface area contributed by atoms with Gasteiger partial charge in [0.05, 0.1) is 23.1 Å². The fourth-order valence-electron chi connectivity index (χ4n) is 2.50. The molecule has 3 rings (SSSR count). The molecule has 5 nitrogen and oxygen atoms in total. The minimum absolute atomic E-state index is 0.0596. The number of aromatic nitrogens is 2. The van der Waals surface area contributed by atoms with Gasteiger partial charge in [-0.2, -0.15) is 5.10 Å². The Morgan fingerprint density at radius 2 is 2.32 bits per heavy atom. The van der Waals surface area contributed by atoms with Crippen molar-refractivity contribution in [2.45, 2.75) is 25.8 Å². The molecule has 2 aromatic rings. The highest BCUT2D eigenvalue weighted by molar-refractivity contribution is 9.10. The van der Waals surface area contributed by atoms with E-state index in [4.69, 9.17) is 5.73 Å². The number of nitrogens with two attached hydrogens (primary N) is 1. The SMILES string of the molecule is Cc1c(C(=O)NCC(N)C2CC2)cnn1-c1cccc(Br)c1. The summed E-state index contributed by atoms with van der Waals surface area (Å²) in [7, 11) is 0. The number of carbonyl (C=O) groups excluding carboxylic acids is 1. The molecule has 0 saturated heterocycles. The number of nitrogens with zero attached hydrogens (tertiary/aromatic N) is 2. The molecular formula is C16H19BrN4O. The molecule has 116 valence electrons. The second-order valence-electron chi connectivity index (χ2n) is 5.75. The summed E-state index contributed by atoms with van der Waals surface area (Å²) in [5.41, 5.74) is 8.33. The first kappa shape index (κ1) is 15.2. The van der Waals surface area contributed by atoms with Crippen LogP contribution in [0.4, 0.5) is 0 Å². The third-order valence-corrected chi connectivity index (χ3v) is 4.53. The smallest absolute Gasteiger partial charge is 0.254 e. The second-order valence-corrected chi connectivity index (χ2v) is 6.66. The molecule has 1 heterocycles. The van der Waals surface area contributed by atoms with E-state index < -0.39 is 0 Å². The third-order valence-electron chi connectivity index (χ3n) is 4.03. The highest BCUT2D eigenvalue weighted by Gasteiger charge is 2.28. The molecule has 1 aliphatic carbocycles. The van der Waals surface area contributed by atoms with Gasteiger partial charge in [-0.15, -0.1) is 0 Å². The lowest BCUT2D eigenvalue weighted by Crippen LogP contribution is -2.38. The number of nitrogens with one attached hydrogen (secondary N) is 1. The summed E-state index contributed by atoms with van der Waals surface area (Å²) in [5, 5.41) is 7.24. The Morgan fingerprint density at radius 3 is 3.00 bits per heavy atom. The molecule has 0 aliphatic heterocycles. The van der Waals surface area contributed by atoms with Crippen molar-refractivity contribution in [2.24, 2.45) is 11.7 Å². The average molecular weight is 363 g/mol. The van der Waals surface area contributed by atoms with Crippen LogP contribution in [0.15, 0.2) is 34.9 Å². The lowest BCUT2D eigenvalue weighted by atomic mass is 10.2. The number of rotatable bonds is 5. The van der Waals surface area contributed by atoms with Crippen LogP contribution < -0.4 is 11.1 Å². The van der Waals surface area contributed by atoms with Gasteiger partial charge in [0.15, 0.2) is 0 Å². The van der Waals surface area contributed by atoms with Crippen molar-refractivity contribution >= 4 is 21.8 Å². The predicted molar refractivity (Wildman–Crippen MR) is 89.0 cm³/mol. The largest absolute Gasteiger partial charge is 0.350 e. The molecule has 1 unspecified atom stereocenters. The van der Waals surface area contributed by atoms with E-state index in [0.717, 1.165) is 15.9 Å². The van der Waals surface area contributed by atoms with Crippen molar-refractivity contribution in [1.29, 1.82) is 0 Å². The average Bonchev–Trinajstić information content (AvgIpc) is 3.27. The molecule has 1 amide bonds. The lowest BCUT2D eigenvalue weighted by molar-refractivity contribution is 0.0949. The topological polar surface area (TPSA) is 72.9 Å². The minimum Gasteiger partial charge on any atom is -0.350 e. The van der Waals surface area contributed by atoms with Crippen LogP contribution in [0.5, 0.6) is 0 Å². The normalized spacial score (nSPS) is 15.6. The Kier molecular flexibility index (Phi) is 4.31. The van der Waals surface area contributed by atoms with E-state index >= 15 is 0 Å². The summed E-state index contributed by atoms with van der Waals surface area (Å²) in [6.45, 7) is 2.41. The summed E-state index contributed by atoms with van der Waals surface area (Å²) in [6.07, 6.45) is 3.96. The van der Waals surface area contributed by atoms with Crippen LogP contribution in [0.3, 0.4) is 0 Å². The van der Waals surface area contributed by atoms with Crippen LogP contribution >= 0.6 is 15.9 Å². The van der Waals surface area contributed by atoms with Crippen LogP contribution in [0.2, 0.25) is 0 Å². The van der Waals surface area contributed by atoms with Crippen molar-refractivity contribution in [1.82, 2.24) is 15.1 Å². The van der Waals surface area contributed by atoms with E-state index in [1.54, 1.807) is 10.9 Å². The number of halogens is 1. The first-order valence-electron chi connectivity index (χ1n) is 7.40. The van der Waals surface area contributed by atoms with Crippen LogP contribution in [0, 0.1) is 12.8 Å². The Balaban J connectivity index is 1.73. The number of carbonyl (C=O) groups is 1. The third kappa shape index (κ3) is 3.23. The summed E-state index contributed by atoms with van der Waals surface area (Å²) < 4.78 is 2.74. The molecule has 1 aromatic heterocycles. The van der Waals surface area contributed by atoms with E-state index in [2.05, 4.69) is 26.3 Å². The zero-order valence-electron chi connectivity index (χ0n) is 12.4. The van der Waals surface area contributed by atoms with Gasteiger partial charge in [-0.1, -0.05) is 22.0 Å². The van der Waals surface area contributed by atoms with Gasteiger partial charge in [0.25, 0.3) is 5.91 Å². The molecule has 3 N–H and O–H groups in total. The Hall–Kier alpha value is -1.66. The van der Waals surface area contributed by atoms with Gasteiger partial charge in [0.1, 0.15) is 0 Å². The summed E-state index contributed by atoms with van der Waals surface area (Å²) in [6, 6.07) is 7.87. The molecule has 1 saturated carbocycles. The molecule has 1 fully saturated rings. The van der Waals surface area contributed by atoms with Crippen molar-refractivity contribution in [3.8, 4) is 5.69 Å². The number of hydrogen-bond acceptors (Lipinski definition) is 3. The van der Waals surface area contributed by atoms with Gasteiger partial charge in [-0.3, -0.25) is 4.79 Å². The molecular weight excluding hydrogens is 344 g/mol. The summed E-state index contributed by atoms with van der Waals surface area (Å²) in [4.78, 5) is 12.3. The monoisotopic (exact) mass is 362 g/mol. The Labute approximate surface area is 138 Å². The molecule has 6 heteroatoms. The number of benzene rings is 1. The van der Waals surface area contributed by atoms with Gasteiger partial charge in [-0.25, -0.2) is 4.68 Å². The summed E-state index contributed by atoms with van der Waals surface area (Å²) in [5.74, 6) is 0.459. The van der Waals surface area contributed by atoms with Gasteiger partial charge in [0, 0.05) is 17.1 Å². The molecule has 22 heavy (non-hydrogen) atoms. The highest BCUT2D eigenvalue weighted by Crippen LogP contribution is 2.31. The van der Waals surface area contributed by atoms with E-state index in [1.807, 2.05) is 31.2 Å². The van der Waals surface area contributed by atoms with Crippen molar-refractivity contribution < 1.29 is 4.79 Å². The maximum atomic E-state index is 12.3. The van der Waals surface area contributed by atoms with Crippen LogP contribution in [0.1, 0.15) is 28.9 Å². The van der Waals surface area contributed by atoms with Gasteiger partial charge in [-0.05, 0) is 43.9 Å². The maximum absolute atomic E-state index is 12.3. The van der Waals surface area contributed by atoms with E-state index in [0.29, 0.717) is 18.0 Å². The van der Waals surface area contributed by atoms with Crippen LogP contribution in [-0.2, 0) is 0 Å². The van der Waals surface area contributed by atoms with Crippen molar-refractivity contribution in [3.63, 3.8) is 0 Å². The molecule has 1 atom stereocenters. The second kappa shape index (κ2) is 6.22. The molecule has 0 spiro atoms. The number of amides is 1. The van der Waals surface area contributed by atoms with Crippen molar-refractivity contribution in [3.05, 3.63) is 46.2 Å². The molecule has 1 aliphatic rings. The van der Waals surface area contributed by atoms with E-state index in [9.17, 15) is 4.79 Å². The minimum atomic E-state index is -0.116. The van der Waals surface area contributed by atoms with Gasteiger partial charge < -0.3 is 11.1 Å². The maximum Gasteiger partial charge on any atom is 0.254 e. The number of hydrogen-bond donors (Lipinski definition) is 2. The van der Waals surface area contributed by atoms with E-state index in [-0.39, 0.29) is 11.9 Å². The van der Waals surface area contributed by atoms with Gasteiger partial charge >= 0.3 is 0 Å². The van der Waals surface area contributed by atoms with Crippen LogP contribution in [-0.4, -0.2) is 28.3 Å². The predicted octanol–water partition coefficient (Wildman–Crippen LogP) is 2.41. The zero-order valence-corrected chi connectivity index (χ0v) is 14.0. The quantitative estimate of drug-likeness (QED) is 0.857. The summed E-state index contributed by atoms with van der Waals surface area (Å²) >= 11 is 3.45. The van der Waals surface area contributed by atoms with Gasteiger partial charge in [0.2, 0.25) is 0 Å². The highest BCUT2D eigenvalue weighted by atomic mass is 79.9. The van der Waals surface area contributed by atoms with Crippen molar-refractivity contribution in [2.75, 3.05) is 6.54 Å². The molecule has 0 radical (unpaired) electrons. The van der Waals surface area contributed by atoms with Crippen LogP contribution in [0.25, 0.3) is 5.69 Å². The Bertz CT molecular complexity index is 693. The first-order chi connectivity index (χ1) is 10.6. The fourth-order valence-corrected chi connectivity index (χ4v) is 2.88.